The Labute approximate surface area is 122 Å². The minimum absolute atomic E-state index is 0.167. The van der Waals surface area contributed by atoms with Crippen LogP contribution < -0.4 is 11.5 Å². The molecule has 0 spiro atoms. The zero-order chi connectivity index (χ0) is 14.4. The third-order valence-electron chi connectivity index (χ3n) is 4.41. The van der Waals surface area contributed by atoms with Crippen LogP contribution in [0.3, 0.4) is 0 Å². The summed E-state index contributed by atoms with van der Waals surface area (Å²) in [5.41, 5.74) is 15.0. The predicted octanol–water partition coefficient (Wildman–Crippen LogP) is 2.71. The van der Waals surface area contributed by atoms with Gasteiger partial charge in [-0.05, 0) is 56.6 Å². The summed E-state index contributed by atoms with van der Waals surface area (Å²) in [4.78, 5) is 0. The number of benzene rings is 1. The maximum Gasteiger partial charge on any atom is 0.0469 e. The second-order valence-electron chi connectivity index (χ2n) is 5.99. The van der Waals surface area contributed by atoms with Crippen LogP contribution in [0.1, 0.15) is 50.2 Å². The van der Waals surface area contributed by atoms with E-state index >= 15 is 0 Å². The molecular weight excluding hydrogens is 248 g/mol. The van der Waals surface area contributed by atoms with Crippen molar-refractivity contribution in [3.05, 3.63) is 35.4 Å². The highest BCUT2D eigenvalue weighted by Gasteiger charge is 2.31. The molecule has 112 valence electrons. The summed E-state index contributed by atoms with van der Waals surface area (Å²) in [6.45, 7) is 3.68. The Kier molecular flexibility index (Phi) is 5.58. The minimum Gasteiger partial charge on any atom is -0.382 e. The predicted molar refractivity (Wildman–Crippen MR) is 83.6 cm³/mol. The number of hydrogen-bond donors (Lipinski definition) is 2. The Hall–Kier alpha value is -0.900. The van der Waals surface area contributed by atoms with Gasteiger partial charge >= 0.3 is 0 Å². The summed E-state index contributed by atoms with van der Waals surface area (Å²) >= 11 is 0. The number of rotatable bonds is 6. The van der Waals surface area contributed by atoms with Gasteiger partial charge in [-0.15, -0.1) is 0 Å². The van der Waals surface area contributed by atoms with Gasteiger partial charge in [0, 0.05) is 24.8 Å². The lowest BCUT2D eigenvalue weighted by Crippen LogP contribution is -2.43. The van der Waals surface area contributed by atoms with E-state index in [4.69, 9.17) is 16.2 Å². The highest BCUT2D eigenvalue weighted by Crippen LogP contribution is 2.34. The third-order valence-corrected chi connectivity index (χ3v) is 4.41. The lowest BCUT2D eigenvalue weighted by atomic mass is 9.76. The van der Waals surface area contributed by atoms with Crippen molar-refractivity contribution in [3.8, 4) is 0 Å². The van der Waals surface area contributed by atoms with Gasteiger partial charge < -0.3 is 16.2 Å². The van der Waals surface area contributed by atoms with Crippen molar-refractivity contribution in [2.24, 2.45) is 11.5 Å². The van der Waals surface area contributed by atoms with Crippen LogP contribution in [0, 0.1) is 0 Å². The molecule has 0 aromatic heterocycles. The molecule has 1 aromatic carbocycles. The van der Waals surface area contributed by atoms with E-state index < -0.39 is 0 Å². The summed E-state index contributed by atoms with van der Waals surface area (Å²) in [7, 11) is 0. The summed E-state index contributed by atoms with van der Waals surface area (Å²) in [5, 5.41) is 0. The maximum atomic E-state index is 6.56. The Bertz CT molecular complexity index is 394. The quantitative estimate of drug-likeness (QED) is 0.785. The molecule has 20 heavy (non-hydrogen) atoms. The molecule has 0 bridgehead atoms. The number of aryl methyl sites for hydroxylation is 1. The smallest absolute Gasteiger partial charge is 0.0469 e. The van der Waals surface area contributed by atoms with Crippen LogP contribution in [0.25, 0.3) is 0 Å². The van der Waals surface area contributed by atoms with Crippen LogP contribution in [-0.4, -0.2) is 19.3 Å². The van der Waals surface area contributed by atoms with Crippen LogP contribution in [0.2, 0.25) is 0 Å². The van der Waals surface area contributed by atoms with Crippen molar-refractivity contribution in [1.82, 2.24) is 0 Å². The van der Waals surface area contributed by atoms with E-state index in [1.807, 2.05) is 6.92 Å². The zero-order valence-corrected chi connectivity index (χ0v) is 12.6. The standard InChI is InChI=1S/C17H28N2O/c1-2-20-13-3-4-14-5-7-15(8-6-14)17(19)11-9-16(18)10-12-17/h5-8,16H,2-4,9-13,18-19H2,1H3. The monoisotopic (exact) mass is 276 g/mol. The average Bonchev–Trinajstić information content (AvgIpc) is 2.48. The number of ether oxygens (including phenoxy) is 1. The minimum atomic E-state index is -0.167. The molecular formula is C17H28N2O. The van der Waals surface area contributed by atoms with Gasteiger partial charge in [0.2, 0.25) is 0 Å². The molecule has 1 saturated carbocycles. The molecule has 1 aliphatic rings. The molecule has 0 atom stereocenters. The highest BCUT2D eigenvalue weighted by molar-refractivity contribution is 5.29. The second-order valence-corrected chi connectivity index (χ2v) is 5.99. The molecule has 0 unspecified atom stereocenters. The molecule has 0 heterocycles. The summed E-state index contributed by atoms with van der Waals surface area (Å²) in [5.74, 6) is 0. The fraction of sp³-hybridized carbons (Fsp3) is 0.647. The van der Waals surface area contributed by atoms with E-state index in [1.165, 1.54) is 11.1 Å². The molecule has 0 aliphatic heterocycles. The van der Waals surface area contributed by atoms with Gasteiger partial charge in [-0.3, -0.25) is 0 Å². The van der Waals surface area contributed by atoms with Crippen molar-refractivity contribution in [3.63, 3.8) is 0 Å². The first kappa shape index (κ1) is 15.5. The lowest BCUT2D eigenvalue weighted by Gasteiger charge is -2.36. The molecule has 0 radical (unpaired) electrons. The molecule has 3 heteroatoms. The topological polar surface area (TPSA) is 61.3 Å². The van der Waals surface area contributed by atoms with Gasteiger partial charge in [0.15, 0.2) is 0 Å². The number of hydrogen-bond acceptors (Lipinski definition) is 3. The van der Waals surface area contributed by atoms with Gasteiger partial charge in [-0.2, -0.15) is 0 Å². The van der Waals surface area contributed by atoms with Crippen molar-refractivity contribution in [2.45, 2.75) is 57.0 Å². The SMILES string of the molecule is CCOCCCc1ccc(C2(N)CCC(N)CC2)cc1. The van der Waals surface area contributed by atoms with Crippen LogP contribution in [0.4, 0.5) is 0 Å². The maximum absolute atomic E-state index is 6.56. The van der Waals surface area contributed by atoms with Crippen LogP contribution in [0.15, 0.2) is 24.3 Å². The van der Waals surface area contributed by atoms with E-state index in [0.29, 0.717) is 6.04 Å². The summed E-state index contributed by atoms with van der Waals surface area (Å²) in [6.07, 6.45) is 6.22. The molecule has 1 aromatic rings. The molecule has 0 saturated heterocycles. The Morgan fingerprint density at radius 2 is 1.85 bits per heavy atom. The molecule has 1 fully saturated rings. The van der Waals surface area contributed by atoms with E-state index in [2.05, 4.69) is 24.3 Å². The van der Waals surface area contributed by atoms with Gasteiger partial charge in [0.05, 0.1) is 0 Å². The van der Waals surface area contributed by atoms with Gasteiger partial charge in [0.25, 0.3) is 0 Å². The normalized spacial score (nSPS) is 26.6. The average molecular weight is 276 g/mol. The summed E-state index contributed by atoms with van der Waals surface area (Å²) < 4.78 is 5.37. The van der Waals surface area contributed by atoms with Crippen molar-refractivity contribution in [2.75, 3.05) is 13.2 Å². The van der Waals surface area contributed by atoms with Gasteiger partial charge in [-0.1, -0.05) is 24.3 Å². The third kappa shape index (κ3) is 4.05. The molecule has 4 N–H and O–H groups in total. The Balaban J connectivity index is 1.90. The van der Waals surface area contributed by atoms with Crippen LogP contribution in [0.5, 0.6) is 0 Å². The zero-order valence-electron chi connectivity index (χ0n) is 12.6. The second kappa shape index (κ2) is 7.21. The highest BCUT2D eigenvalue weighted by atomic mass is 16.5. The largest absolute Gasteiger partial charge is 0.382 e. The molecule has 2 rings (SSSR count). The lowest BCUT2D eigenvalue weighted by molar-refractivity contribution is 0.145. The Morgan fingerprint density at radius 3 is 2.45 bits per heavy atom. The van der Waals surface area contributed by atoms with E-state index in [-0.39, 0.29) is 5.54 Å². The molecule has 0 amide bonds. The first-order valence-electron chi connectivity index (χ1n) is 7.85. The fourth-order valence-corrected chi connectivity index (χ4v) is 2.97. The van der Waals surface area contributed by atoms with E-state index in [0.717, 1.165) is 51.7 Å². The Morgan fingerprint density at radius 1 is 1.20 bits per heavy atom. The molecule has 1 aliphatic carbocycles. The van der Waals surface area contributed by atoms with Crippen molar-refractivity contribution in [1.29, 1.82) is 0 Å². The van der Waals surface area contributed by atoms with Crippen LogP contribution >= 0.6 is 0 Å². The first-order valence-corrected chi connectivity index (χ1v) is 7.85. The van der Waals surface area contributed by atoms with Gasteiger partial charge in [-0.25, -0.2) is 0 Å². The van der Waals surface area contributed by atoms with Crippen LogP contribution in [-0.2, 0) is 16.7 Å². The fourth-order valence-electron chi connectivity index (χ4n) is 2.97. The van der Waals surface area contributed by atoms with Crippen molar-refractivity contribution < 1.29 is 4.74 Å². The summed E-state index contributed by atoms with van der Waals surface area (Å²) in [6, 6.07) is 9.17. The van der Waals surface area contributed by atoms with E-state index in [9.17, 15) is 0 Å². The van der Waals surface area contributed by atoms with Gasteiger partial charge in [0.1, 0.15) is 0 Å². The number of nitrogens with two attached hydrogens (primary N) is 2. The van der Waals surface area contributed by atoms with E-state index in [1.54, 1.807) is 0 Å². The first-order chi connectivity index (χ1) is 9.64. The van der Waals surface area contributed by atoms with Crippen molar-refractivity contribution >= 4 is 0 Å². The molecule has 3 nitrogen and oxygen atoms in total.